The van der Waals surface area contributed by atoms with Gasteiger partial charge < -0.3 is 9.84 Å². The van der Waals surface area contributed by atoms with Gasteiger partial charge in [0.1, 0.15) is 0 Å². The van der Waals surface area contributed by atoms with Gasteiger partial charge in [-0.05, 0) is 101 Å². The lowest BCUT2D eigenvalue weighted by atomic mass is 9.48. The Hall–Kier alpha value is -0.340. The Morgan fingerprint density at radius 2 is 1.80 bits per heavy atom. The van der Waals surface area contributed by atoms with Crippen LogP contribution >= 0.6 is 0 Å². The summed E-state index contributed by atoms with van der Waals surface area (Å²) in [6.45, 7) is 11.5. The van der Waals surface area contributed by atoms with Crippen LogP contribution in [0.4, 0.5) is 0 Å². The Morgan fingerprint density at radius 3 is 2.52 bits per heavy atom. The van der Waals surface area contributed by atoms with Crippen molar-refractivity contribution in [1.29, 1.82) is 0 Å². The Balaban J connectivity index is 1.56. The van der Waals surface area contributed by atoms with Crippen molar-refractivity contribution >= 4 is 0 Å². The van der Waals surface area contributed by atoms with Crippen LogP contribution in [0.25, 0.3) is 0 Å². The lowest BCUT2D eigenvalue weighted by Crippen LogP contribution is -2.51. The molecule has 4 aliphatic carbocycles. The quantitative estimate of drug-likeness (QED) is 0.636. The molecule has 2 nitrogen and oxygen atoms in total. The van der Waals surface area contributed by atoms with Gasteiger partial charge in [-0.3, -0.25) is 0 Å². The molecule has 0 amide bonds. The van der Waals surface area contributed by atoms with Gasteiger partial charge in [-0.15, -0.1) is 0 Å². The van der Waals surface area contributed by atoms with Crippen LogP contribution in [0.15, 0.2) is 11.6 Å². The van der Waals surface area contributed by atoms with Crippen molar-refractivity contribution in [3.05, 3.63) is 11.6 Å². The highest BCUT2D eigenvalue weighted by molar-refractivity contribution is 5.25. The molecule has 4 aliphatic rings. The first-order valence-corrected chi connectivity index (χ1v) is 10.7. The molecule has 25 heavy (non-hydrogen) atoms. The third-order valence-electron chi connectivity index (χ3n) is 8.53. The summed E-state index contributed by atoms with van der Waals surface area (Å²) in [5.74, 6) is 2.36. The summed E-state index contributed by atoms with van der Waals surface area (Å²) in [7, 11) is 0. The van der Waals surface area contributed by atoms with Crippen LogP contribution in [-0.2, 0) is 4.74 Å². The summed E-state index contributed by atoms with van der Waals surface area (Å²) in [4.78, 5) is 0. The van der Waals surface area contributed by atoms with E-state index in [1.807, 2.05) is 0 Å². The topological polar surface area (TPSA) is 29.5 Å². The van der Waals surface area contributed by atoms with E-state index in [0.29, 0.717) is 11.5 Å². The molecule has 0 saturated heterocycles. The zero-order chi connectivity index (χ0) is 18.0. The van der Waals surface area contributed by atoms with E-state index in [1.54, 1.807) is 5.57 Å². The molecule has 0 aromatic carbocycles. The summed E-state index contributed by atoms with van der Waals surface area (Å²) < 4.78 is 6.33. The summed E-state index contributed by atoms with van der Waals surface area (Å²) in [5, 5.41) is 10.6. The molecule has 2 heteroatoms. The molecule has 0 spiro atoms. The summed E-state index contributed by atoms with van der Waals surface area (Å²) in [6, 6.07) is 0. The van der Waals surface area contributed by atoms with Gasteiger partial charge >= 0.3 is 0 Å². The van der Waals surface area contributed by atoms with Crippen molar-refractivity contribution in [2.45, 2.75) is 104 Å². The molecular formula is C23H38O2. The minimum Gasteiger partial charge on any atom is -0.393 e. The Morgan fingerprint density at radius 1 is 1.04 bits per heavy atom. The van der Waals surface area contributed by atoms with Crippen molar-refractivity contribution < 1.29 is 9.84 Å². The lowest BCUT2D eigenvalue weighted by molar-refractivity contribution is -0.0988. The third kappa shape index (κ3) is 2.83. The zero-order valence-electron chi connectivity index (χ0n) is 17.0. The molecule has 4 rings (SSSR count). The molecule has 3 saturated carbocycles. The SMILES string of the molecule is CC(C)(C)O[C@H]1CC[C@@]2(C)C(=CC[C@@H]3[C@@H]4CC[C@H](O)[C@]4(C)CC[C@@H]32)C1. The molecule has 0 bridgehead atoms. The van der Waals surface area contributed by atoms with Gasteiger partial charge in [0.15, 0.2) is 0 Å². The zero-order valence-corrected chi connectivity index (χ0v) is 17.0. The highest BCUT2D eigenvalue weighted by Gasteiger charge is 2.58. The average Bonchev–Trinajstić information content (AvgIpc) is 2.82. The molecule has 0 unspecified atom stereocenters. The van der Waals surface area contributed by atoms with Crippen LogP contribution in [0.1, 0.15) is 86.0 Å². The van der Waals surface area contributed by atoms with Crippen LogP contribution in [-0.4, -0.2) is 22.9 Å². The number of ether oxygens (including phenoxy) is 1. The summed E-state index contributed by atoms with van der Waals surface area (Å²) >= 11 is 0. The molecule has 7 atom stereocenters. The highest BCUT2D eigenvalue weighted by Crippen LogP contribution is 2.64. The predicted molar refractivity (Wildman–Crippen MR) is 102 cm³/mol. The monoisotopic (exact) mass is 346 g/mol. The number of aliphatic hydroxyl groups excluding tert-OH is 1. The van der Waals surface area contributed by atoms with E-state index in [4.69, 9.17) is 4.74 Å². The molecular weight excluding hydrogens is 308 g/mol. The van der Waals surface area contributed by atoms with Gasteiger partial charge in [-0.1, -0.05) is 25.5 Å². The van der Waals surface area contributed by atoms with Crippen molar-refractivity contribution in [1.82, 2.24) is 0 Å². The maximum atomic E-state index is 10.6. The number of hydrogen-bond donors (Lipinski definition) is 1. The molecule has 0 aromatic rings. The van der Waals surface area contributed by atoms with E-state index < -0.39 is 0 Å². The minimum absolute atomic E-state index is 0.0389. The minimum atomic E-state index is -0.0624. The van der Waals surface area contributed by atoms with Crippen LogP contribution in [0.3, 0.4) is 0 Å². The van der Waals surface area contributed by atoms with Crippen LogP contribution in [0.5, 0.6) is 0 Å². The van der Waals surface area contributed by atoms with Gasteiger partial charge in [0.05, 0.1) is 17.8 Å². The Labute approximate surface area is 154 Å². The fourth-order valence-electron chi connectivity index (χ4n) is 7.20. The van der Waals surface area contributed by atoms with E-state index in [1.165, 1.54) is 38.5 Å². The van der Waals surface area contributed by atoms with E-state index in [-0.39, 0.29) is 17.1 Å². The number of fused-ring (bicyclic) bond motifs is 5. The van der Waals surface area contributed by atoms with Crippen molar-refractivity contribution in [2.75, 3.05) is 0 Å². The second kappa shape index (κ2) is 5.83. The lowest BCUT2D eigenvalue weighted by Gasteiger charge is -2.58. The van der Waals surface area contributed by atoms with Crippen molar-refractivity contribution in [2.24, 2.45) is 28.6 Å². The molecule has 1 N–H and O–H groups in total. The molecule has 0 radical (unpaired) electrons. The van der Waals surface area contributed by atoms with Crippen molar-refractivity contribution in [3.63, 3.8) is 0 Å². The van der Waals surface area contributed by atoms with Crippen LogP contribution < -0.4 is 0 Å². The van der Waals surface area contributed by atoms with Crippen LogP contribution in [0, 0.1) is 28.6 Å². The van der Waals surface area contributed by atoms with Gasteiger partial charge in [-0.2, -0.15) is 0 Å². The van der Waals surface area contributed by atoms with Gasteiger partial charge in [0.25, 0.3) is 0 Å². The summed E-state index contributed by atoms with van der Waals surface area (Å²) in [5.41, 5.74) is 2.23. The molecule has 142 valence electrons. The maximum absolute atomic E-state index is 10.6. The number of hydrogen-bond acceptors (Lipinski definition) is 2. The third-order valence-corrected chi connectivity index (χ3v) is 8.53. The standard InChI is InChI=1S/C23H38O2/c1-21(2,3)25-16-10-12-22(4)15(14-16)6-7-17-18-8-9-20(24)23(18,5)13-11-19(17)22/h6,16-20,24H,7-14H2,1-5H3/t16-,17+,18-,19-,20-,22-,23+/m0/s1. The van der Waals surface area contributed by atoms with Gasteiger partial charge in [0.2, 0.25) is 0 Å². The molecule has 0 heterocycles. The molecule has 3 fully saturated rings. The van der Waals surface area contributed by atoms with Gasteiger partial charge in [0, 0.05) is 0 Å². The first kappa shape index (κ1) is 18.0. The second-order valence-electron chi connectivity index (χ2n) is 11.0. The number of aliphatic hydroxyl groups is 1. The van der Waals surface area contributed by atoms with E-state index in [0.717, 1.165) is 30.6 Å². The van der Waals surface area contributed by atoms with Crippen LogP contribution in [0.2, 0.25) is 0 Å². The largest absolute Gasteiger partial charge is 0.393 e. The summed E-state index contributed by atoms with van der Waals surface area (Å²) in [6.07, 6.45) is 12.6. The smallest absolute Gasteiger partial charge is 0.0619 e. The van der Waals surface area contributed by atoms with Crippen molar-refractivity contribution in [3.8, 4) is 0 Å². The predicted octanol–water partition coefficient (Wildman–Crippen LogP) is 5.49. The highest BCUT2D eigenvalue weighted by atomic mass is 16.5. The Bertz CT molecular complexity index is 559. The van der Waals surface area contributed by atoms with E-state index in [2.05, 4.69) is 40.7 Å². The number of allylic oxidation sites excluding steroid dienone is 1. The molecule has 0 aliphatic heterocycles. The average molecular weight is 347 g/mol. The number of rotatable bonds is 1. The first-order valence-electron chi connectivity index (χ1n) is 10.7. The van der Waals surface area contributed by atoms with E-state index in [9.17, 15) is 5.11 Å². The Kier molecular flexibility index (Phi) is 4.21. The fourth-order valence-corrected chi connectivity index (χ4v) is 7.20. The molecule has 0 aromatic heterocycles. The fraction of sp³-hybridized carbons (Fsp3) is 0.913. The second-order valence-corrected chi connectivity index (χ2v) is 11.0. The van der Waals surface area contributed by atoms with E-state index >= 15 is 0 Å². The first-order chi connectivity index (χ1) is 11.6. The maximum Gasteiger partial charge on any atom is 0.0619 e. The van der Waals surface area contributed by atoms with Gasteiger partial charge in [-0.25, -0.2) is 0 Å². The normalized spacial score (nSPS) is 49.8.